The Hall–Kier alpha value is -1.15. The minimum Gasteiger partial charge on any atom is -0.396 e. The first-order chi connectivity index (χ1) is 7.13. The summed E-state index contributed by atoms with van der Waals surface area (Å²) in [5, 5.41) is 31.9. The van der Waals surface area contributed by atoms with Crippen molar-refractivity contribution in [3.8, 4) is 0 Å². The summed E-state index contributed by atoms with van der Waals surface area (Å²) in [4.78, 5) is 0. The van der Waals surface area contributed by atoms with E-state index >= 15 is 0 Å². The highest BCUT2D eigenvalue weighted by Crippen LogP contribution is 2.28. The van der Waals surface area contributed by atoms with Gasteiger partial charge in [0, 0.05) is 0 Å². The predicted molar refractivity (Wildman–Crippen MR) is 49.6 cm³/mol. The van der Waals surface area contributed by atoms with Gasteiger partial charge in [-0.25, -0.2) is 4.68 Å². The van der Waals surface area contributed by atoms with Crippen molar-refractivity contribution in [2.24, 2.45) is 0 Å². The van der Waals surface area contributed by atoms with Crippen molar-refractivity contribution in [1.29, 1.82) is 0 Å². The Labute approximate surface area is 85.7 Å². The molecule has 0 aromatic carbocycles. The number of anilines is 1. The zero-order chi connectivity index (χ0) is 11.0. The second-order valence-electron chi connectivity index (χ2n) is 3.48. The van der Waals surface area contributed by atoms with Crippen LogP contribution in [0.15, 0.2) is 12.4 Å². The van der Waals surface area contributed by atoms with Crippen LogP contribution in [-0.4, -0.2) is 50.0 Å². The van der Waals surface area contributed by atoms with Gasteiger partial charge in [-0.1, -0.05) is 0 Å². The van der Waals surface area contributed by atoms with Crippen molar-refractivity contribution in [2.45, 2.75) is 24.5 Å². The number of ether oxygens (including phenoxy) is 1. The number of aliphatic hydroxyl groups is 3. The molecule has 4 atom stereocenters. The summed E-state index contributed by atoms with van der Waals surface area (Å²) in [7, 11) is 0. The SMILES string of the molecule is Nc1cnn([C@@H]2O[C@H](CO)[C@@H](O)[C@H]2O)c1. The van der Waals surface area contributed by atoms with Crippen molar-refractivity contribution in [1.82, 2.24) is 9.78 Å². The number of aromatic nitrogens is 2. The molecular weight excluding hydrogens is 202 g/mol. The van der Waals surface area contributed by atoms with Crippen molar-refractivity contribution in [3.63, 3.8) is 0 Å². The summed E-state index contributed by atoms with van der Waals surface area (Å²) < 4.78 is 6.55. The molecule has 0 amide bonds. The van der Waals surface area contributed by atoms with Crippen LogP contribution in [0, 0.1) is 0 Å². The van der Waals surface area contributed by atoms with Crippen LogP contribution in [0.3, 0.4) is 0 Å². The summed E-state index contributed by atoms with van der Waals surface area (Å²) >= 11 is 0. The van der Waals surface area contributed by atoms with E-state index < -0.39 is 24.5 Å². The summed E-state index contributed by atoms with van der Waals surface area (Å²) in [5.41, 5.74) is 5.90. The van der Waals surface area contributed by atoms with Crippen LogP contribution >= 0.6 is 0 Å². The fourth-order valence-corrected chi connectivity index (χ4v) is 1.59. The second kappa shape index (κ2) is 3.78. The molecule has 1 aromatic heterocycles. The number of hydrogen-bond acceptors (Lipinski definition) is 6. The maximum Gasteiger partial charge on any atom is 0.179 e. The lowest BCUT2D eigenvalue weighted by Gasteiger charge is -2.14. The van der Waals surface area contributed by atoms with Gasteiger partial charge in [-0.05, 0) is 0 Å². The average Bonchev–Trinajstić information content (AvgIpc) is 2.74. The largest absolute Gasteiger partial charge is 0.396 e. The van der Waals surface area contributed by atoms with Crippen LogP contribution in [0.25, 0.3) is 0 Å². The van der Waals surface area contributed by atoms with E-state index in [1.54, 1.807) is 0 Å². The van der Waals surface area contributed by atoms with Crippen LogP contribution in [0.5, 0.6) is 0 Å². The van der Waals surface area contributed by atoms with Gasteiger partial charge in [-0.15, -0.1) is 0 Å². The molecule has 1 saturated heterocycles. The highest BCUT2D eigenvalue weighted by atomic mass is 16.6. The van der Waals surface area contributed by atoms with Gasteiger partial charge in [-0.3, -0.25) is 0 Å². The molecule has 1 fully saturated rings. The first-order valence-electron chi connectivity index (χ1n) is 4.55. The molecule has 1 aliphatic rings. The Morgan fingerprint density at radius 2 is 2.20 bits per heavy atom. The van der Waals surface area contributed by atoms with Crippen LogP contribution in [-0.2, 0) is 4.74 Å². The van der Waals surface area contributed by atoms with Gasteiger partial charge in [0.2, 0.25) is 0 Å². The predicted octanol–water partition coefficient (Wildman–Crippen LogP) is -1.92. The zero-order valence-corrected chi connectivity index (χ0v) is 7.89. The summed E-state index contributed by atoms with van der Waals surface area (Å²) in [6.07, 6.45) is -0.952. The smallest absolute Gasteiger partial charge is 0.179 e. The molecule has 7 heteroatoms. The number of nitrogen functional groups attached to an aromatic ring is 1. The van der Waals surface area contributed by atoms with Crippen LogP contribution < -0.4 is 5.73 Å². The van der Waals surface area contributed by atoms with E-state index in [1.165, 1.54) is 17.1 Å². The Bertz CT molecular complexity index is 342. The highest BCUT2D eigenvalue weighted by molar-refractivity contribution is 5.30. The third-order valence-corrected chi connectivity index (χ3v) is 2.40. The van der Waals surface area contributed by atoms with Gasteiger partial charge in [0.05, 0.1) is 24.7 Å². The Morgan fingerprint density at radius 3 is 2.67 bits per heavy atom. The van der Waals surface area contributed by atoms with Crippen molar-refractivity contribution in [3.05, 3.63) is 12.4 Å². The number of hydrogen-bond donors (Lipinski definition) is 4. The van der Waals surface area contributed by atoms with Crippen LogP contribution in [0.1, 0.15) is 6.23 Å². The fourth-order valence-electron chi connectivity index (χ4n) is 1.59. The molecule has 0 aliphatic carbocycles. The monoisotopic (exact) mass is 215 g/mol. The molecule has 0 bridgehead atoms. The molecule has 5 N–H and O–H groups in total. The van der Waals surface area contributed by atoms with E-state index in [1.807, 2.05) is 0 Å². The van der Waals surface area contributed by atoms with E-state index in [2.05, 4.69) is 5.10 Å². The van der Waals surface area contributed by atoms with E-state index in [-0.39, 0.29) is 6.61 Å². The summed E-state index contributed by atoms with van der Waals surface area (Å²) in [6.45, 7) is -0.356. The standard InChI is InChI=1S/C8H13N3O4/c9-4-1-10-11(2-4)8-7(14)6(13)5(3-12)15-8/h1-2,5-8,12-14H,3,9H2/t5-,6-,7-,8-/m1/s1. The van der Waals surface area contributed by atoms with Gasteiger partial charge >= 0.3 is 0 Å². The molecular formula is C8H13N3O4. The van der Waals surface area contributed by atoms with E-state index in [9.17, 15) is 10.2 Å². The van der Waals surface area contributed by atoms with E-state index in [0.29, 0.717) is 5.69 Å². The fraction of sp³-hybridized carbons (Fsp3) is 0.625. The van der Waals surface area contributed by atoms with Gasteiger partial charge in [0.15, 0.2) is 6.23 Å². The number of aliphatic hydroxyl groups excluding tert-OH is 3. The second-order valence-corrected chi connectivity index (χ2v) is 3.48. The molecule has 0 radical (unpaired) electrons. The van der Waals surface area contributed by atoms with E-state index in [0.717, 1.165) is 0 Å². The molecule has 0 spiro atoms. The maximum atomic E-state index is 9.63. The van der Waals surface area contributed by atoms with Gasteiger partial charge in [0.25, 0.3) is 0 Å². The minimum absolute atomic E-state index is 0.356. The molecule has 1 aliphatic heterocycles. The molecule has 0 saturated carbocycles. The quantitative estimate of drug-likeness (QED) is 0.457. The normalized spacial score (nSPS) is 35.9. The summed E-state index contributed by atoms with van der Waals surface area (Å²) in [6, 6.07) is 0. The number of nitrogens with two attached hydrogens (primary N) is 1. The summed E-state index contributed by atoms with van der Waals surface area (Å²) in [5.74, 6) is 0. The average molecular weight is 215 g/mol. The molecule has 15 heavy (non-hydrogen) atoms. The Kier molecular flexibility index (Phi) is 2.61. The lowest BCUT2D eigenvalue weighted by atomic mass is 10.1. The maximum absolute atomic E-state index is 9.63. The van der Waals surface area contributed by atoms with Crippen molar-refractivity contribution < 1.29 is 20.1 Å². The van der Waals surface area contributed by atoms with Crippen LogP contribution in [0.2, 0.25) is 0 Å². The topological polar surface area (TPSA) is 114 Å². The molecule has 2 rings (SSSR count). The van der Waals surface area contributed by atoms with Gasteiger partial charge in [0.1, 0.15) is 18.3 Å². The molecule has 1 aromatic rings. The molecule has 84 valence electrons. The van der Waals surface area contributed by atoms with Crippen LogP contribution in [0.4, 0.5) is 5.69 Å². The highest BCUT2D eigenvalue weighted by Gasteiger charge is 2.43. The third-order valence-electron chi connectivity index (χ3n) is 2.40. The lowest BCUT2D eigenvalue weighted by Crippen LogP contribution is -2.33. The lowest BCUT2D eigenvalue weighted by molar-refractivity contribution is -0.0585. The first-order valence-corrected chi connectivity index (χ1v) is 4.55. The van der Waals surface area contributed by atoms with Crippen molar-refractivity contribution >= 4 is 5.69 Å². The minimum atomic E-state index is -1.12. The zero-order valence-electron chi connectivity index (χ0n) is 7.89. The third kappa shape index (κ3) is 1.70. The first kappa shape index (κ1) is 10.4. The van der Waals surface area contributed by atoms with E-state index in [4.69, 9.17) is 15.6 Å². The van der Waals surface area contributed by atoms with Gasteiger partial charge in [-0.2, -0.15) is 5.10 Å². The Morgan fingerprint density at radius 1 is 1.47 bits per heavy atom. The van der Waals surface area contributed by atoms with Crippen molar-refractivity contribution in [2.75, 3.05) is 12.3 Å². The van der Waals surface area contributed by atoms with Gasteiger partial charge < -0.3 is 25.8 Å². The molecule has 2 heterocycles. The molecule has 7 nitrogen and oxygen atoms in total. The number of nitrogens with zero attached hydrogens (tertiary/aromatic N) is 2. The Balaban J connectivity index is 2.18. The number of rotatable bonds is 2. The molecule has 0 unspecified atom stereocenters.